The normalized spacial score (nSPS) is 18.8. The van der Waals surface area contributed by atoms with Crippen molar-refractivity contribution >= 4 is 20.7 Å². The van der Waals surface area contributed by atoms with Crippen LogP contribution in [0.1, 0.15) is 56.6 Å². The van der Waals surface area contributed by atoms with Crippen LogP contribution in [0.5, 0.6) is 0 Å². The van der Waals surface area contributed by atoms with Gasteiger partial charge in [-0.05, 0) is 30.9 Å². The largest absolute Gasteiger partial charge is 0.491 e. The summed E-state index contributed by atoms with van der Waals surface area (Å²) in [6.45, 7) is 6.85. The van der Waals surface area contributed by atoms with Crippen LogP contribution in [0.15, 0.2) is 6.07 Å². The molecular formula is C20H31BF4O2Si. The van der Waals surface area contributed by atoms with Crippen molar-refractivity contribution in [3.8, 4) is 0 Å². The first-order chi connectivity index (χ1) is 13.0. The van der Waals surface area contributed by atoms with Gasteiger partial charge in [-0.3, -0.25) is 0 Å². The molecule has 0 saturated heterocycles. The molecule has 2 nitrogen and oxygen atoms in total. The van der Waals surface area contributed by atoms with Gasteiger partial charge in [0.25, 0.3) is 5.92 Å². The minimum atomic E-state index is -3.30. The molecule has 0 spiro atoms. The quantitative estimate of drug-likeness (QED) is 0.338. The second kappa shape index (κ2) is 9.30. The van der Waals surface area contributed by atoms with Crippen molar-refractivity contribution in [1.82, 2.24) is 0 Å². The molecule has 2 rings (SSSR count). The molecule has 1 aromatic carbocycles. The van der Waals surface area contributed by atoms with Crippen LogP contribution in [0.3, 0.4) is 0 Å². The van der Waals surface area contributed by atoms with E-state index in [1.165, 1.54) is 18.9 Å². The SMILES string of the molecule is CCCC[Si](C)(C)CCCCC1CCc2c(cc(F)c(F)c2B(O)O)C1(F)F. The van der Waals surface area contributed by atoms with E-state index >= 15 is 8.78 Å². The van der Waals surface area contributed by atoms with Crippen molar-refractivity contribution in [3.05, 3.63) is 28.8 Å². The van der Waals surface area contributed by atoms with Gasteiger partial charge >= 0.3 is 7.12 Å². The van der Waals surface area contributed by atoms with Gasteiger partial charge in [-0.1, -0.05) is 57.8 Å². The maximum Gasteiger partial charge on any atom is 0.491 e. The van der Waals surface area contributed by atoms with Crippen LogP contribution in [0.4, 0.5) is 17.6 Å². The highest BCUT2D eigenvalue weighted by Gasteiger charge is 2.47. The first-order valence-corrected chi connectivity index (χ1v) is 13.7. The van der Waals surface area contributed by atoms with E-state index in [-0.39, 0.29) is 18.4 Å². The van der Waals surface area contributed by atoms with E-state index in [1.807, 2.05) is 0 Å². The monoisotopic (exact) mass is 418 g/mol. The summed E-state index contributed by atoms with van der Waals surface area (Å²) in [4.78, 5) is 0. The lowest BCUT2D eigenvalue weighted by molar-refractivity contribution is -0.0791. The van der Waals surface area contributed by atoms with Gasteiger partial charge in [0, 0.05) is 25.0 Å². The summed E-state index contributed by atoms with van der Waals surface area (Å²) < 4.78 is 57.7. The number of benzene rings is 1. The van der Waals surface area contributed by atoms with Gasteiger partial charge in [-0.2, -0.15) is 0 Å². The Kier molecular flexibility index (Phi) is 7.78. The Bertz CT molecular complexity index is 683. The van der Waals surface area contributed by atoms with Crippen molar-refractivity contribution in [2.24, 2.45) is 5.92 Å². The number of halogens is 4. The van der Waals surface area contributed by atoms with E-state index in [9.17, 15) is 18.8 Å². The molecule has 0 bridgehead atoms. The molecule has 0 aromatic heterocycles. The second-order valence-electron chi connectivity index (χ2n) is 8.86. The molecular weight excluding hydrogens is 387 g/mol. The fourth-order valence-electron chi connectivity index (χ4n) is 4.34. The lowest BCUT2D eigenvalue weighted by atomic mass is 9.68. The molecule has 0 saturated carbocycles. The van der Waals surface area contributed by atoms with Crippen LogP contribution in [-0.4, -0.2) is 25.2 Å². The molecule has 1 unspecified atom stereocenters. The van der Waals surface area contributed by atoms with E-state index < -0.39 is 49.7 Å². The number of alkyl halides is 2. The highest BCUT2D eigenvalue weighted by Crippen LogP contribution is 2.46. The van der Waals surface area contributed by atoms with Gasteiger partial charge in [0.2, 0.25) is 0 Å². The van der Waals surface area contributed by atoms with Gasteiger partial charge in [0.1, 0.15) is 0 Å². The maximum absolute atomic E-state index is 15.0. The lowest BCUT2D eigenvalue weighted by Crippen LogP contribution is -2.42. The summed E-state index contributed by atoms with van der Waals surface area (Å²) in [6.07, 6.45) is 4.56. The zero-order chi connectivity index (χ0) is 21.1. The highest BCUT2D eigenvalue weighted by atomic mass is 28.3. The van der Waals surface area contributed by atoms with Gasteiger partial charge in [-0.25, -0.2) is 17.6 Å². The molecule has 1 aliphatic carbocycles. The summed E-state index contributed by atoms with van der Waals surface area (Å²) in [7, 11) is -3.59. The molecule has 158 valence electrons. The average molecular weight is 418 g/mol. The molecule has 0 aliphatic heterocycles. The molecule has 0 radical (unpaired) electrons. The zero-order valence-electron chi connectivity index (χ0n) is 17.0. The number of hydrogen-bond acceptors (Lipinski definition) is 2. The van der Waals surface area contributed by atoms with Gasteiger partial charge in [-0.15, -0.1) is 0 Å². The Morgan fingerprint density at radius 3 is 2.39 bits per heavy atom. The van der Waals surface area contributed by atoms with Crippen LogP contribution in [0.2, 0.25) is 25.2 Å². The molecule has 0 heterocycles. The van der Waals surface area contributed by atoms with Gasteiger partial charge < -0.3 is 10.0 Å². The third-order valence-corrected chi connectivity index (χ3v) is 9.52. The zero-order valence-corrected chi connectivity index (χ0v) is 18.0. The third-order valence-electron chi connectivity index (χ3n) is 6.10. The lowest BCUT2D eigenvalue weighted by Gasteiger charge is -2.35. The Morgan fingerprint density at radius 2 is 1.79 bits per heavy atom. The van der Waals surface area contributed by atoms with E-state index in [4.69, 9.17) is 0 Å². The fraction of sp³-hybridized carbons (Fsp3) is 0.700. The number of fused-ring (bicyclic) bond motifs is 1. The van der Waals surface area contributed by atoms with Gasteiger partial charge in [0.05, 0.1) is 0 Å². The number of hydrogen-bond donors (Lipinski definition) is 2. The van der Waals surface area contributed by atoms with Crippen molar-refractivity contribution in [1.29, 1.82) is 0 Å². The van der Waals surface area contributed by atoms with Crippen molar-refractivity contribution in [2.45, 2.75) is 83.0 Å². The fourth-order valence-corrected chi connectivity index (χ4v) is 7.11. The first kappa shape index (κ1) is 23.4. The standard InChI is InChI=1S/C20H31BF4O2Si/c1-4-5-11-28(2,3)12-7-6-8-14-9-10-15-16(20(14,24)25)13-17(22)19(23)18(15)21(26)27/h13-14,26-27H,4-12H2,1-3H3. The van der Waals surface area contributed by atoms with Gasteiger partial charge in [0.15, 0.2) is 11.6 Å². The van der Waals surface area contributed by atoms with Crippen LogP contribution >= 0.6 is 0 Å². The van der Waals surface area contributed by atoms with Crippen LogP contribution in [0, 0.1) is 17.6 Å². The summed E-state index contributed by atoms with van der Waals surface area (Å²) in [6, 6.07) is 2.90. The molecule has 1 aliphatic rings. The average Bonchev–Trinajstić information content (AvgIpc) is 2.60. The summed E-state index contributed by atoms with van der Waals surface area (Å²) in [5.41, 5.74) is -1.51. The molecule has 1 aromatic rings. The highest BCUT2D eigenvalue weighted by molar-refractivity contribution is 6.77. The third kappa shape index (κ3) is 5.19. The predicted octanol–water partition coefficient (Wildman–Crippen LogP) is 4.98. The summed E-state index contributed by atoms with van der Waals surface area (Å²) >= 11 is 0. The smallest absolute Gasteiger partial charge is 0.423 e. The molecule has 0 fully saturated rings. The maximum atomic E-state index is 15.0. The number of rotatable bonds is 9. The predicted molar refractivity (Wildman–Crippen MR) is 108 cm³/mol. The summed E-state index contributed by atoms with van der Waals surface area (Å²) in [5.74, 6) is -7.16. The molecule has 2 N–H and O–H groups in total. The van der Waals surface area contributed by atoms with Crippen LogP contribution in [0.25, 0.3) is 0 Å². The molecule has 1 atom stereocenters. The Hall–Kier alpha value is -0.858. The topological polar surface area (TPSA) is 40.5 Å². The van der Waals surface area contributed by atoms with E-state index in [0.717, 1.165) is 12.5 Å². The number of unbranched alkanes of at least 4 members (excludes halogenated alkanes) is 2. The van der Waals surface area contributed by atoms with E-state index in [0.29, 0.717) is 18.9 Å². The van der Waals surface area contributed by atoms with Crippen LogP contribution < -0.4 is 5.46 Å². The first-order valence-electron chi connectivity index (χ1n) is 10.3. The van der Waals surface area contributed by atoms with E-state index in [2.05, 4.69) is 20.0 Å². The van der Waals surface area contributed by atoms with Crippen molar-refractivity contribution < 1.29 is 27.6 Å². The Balaban J connectivity index is 2.07. The van der Waals surface area contributed by atoms with Crippen molar-refractivity contribution in [3.63, 3.8) is 0 Å². The van der Waals surface area contributed by atoms with Crippen LogP contribution in [-0.2, 0) is 12.3 Å². The van der Waals surface area contributed by atoms with Crippen molar-refractivity contribution in [2.75, 3.05) is 0 Å². The van der Waals surface area contributed by atoms with E-state index in [1.54, 1.807) is 0 Å². The molecule has 0 amide bonds. The molecule has 28 heavy (non-hydrogen) atoms. The summed E-state index contributed by atoms with van der Waals surface area (Å²) in [5, 5.41) is 18.7. The minimum Gasteiger partial charge on any atom is -0.423 e. The Labute approximate surface area is 166 Å². The minimum absolute atomic E-state index is 0.0937. The Morgan fingerprint density at radius 1 is 1.14 bits per heavy atom. The second-order valence-corrected chi connectivity index (χ2v) is 14.2. The molecule has 8 heteroatoms.